The van der Waals surface area contributed by atoms with Crippen LogP contribution in [0.4, 0.5) is 10.1 Å². The quantitative estimate of drug-likeness (QED) is 0.694. The van der Waals surface area contributed by atoms with Crippen LogP contribution in [-0.2, 0) is 10.5 Å². The first-order valence-corrected chi connectivity index (χ1v) is 10.8. The van der Waals surface area contributed by atoms with Gasteiger partial charge < -0.3 is 15.0 Å². The molecule has 0 atom stereocenters. The van der Waals surface area contributed by atoms with Crippen molar-refractivity contribution in [3.8, 4) is 5.75 Å². The summed E-state index contributed by atoms with van der Waals surface area (Å²) in [6.07, 6.45) is 2.31. The van der Waals surface area contributed by atoms with Crippen molar-refractivity contribution in [3.05, 3.63) is 58.9 Å². The second kappa shape index (κ2) is 10.1. The molecule has 1 aliphatic heterocycles. The fraction of sp³-hybridized carbons (Fsp3) is 0.381. The second-order valence-corrected chi connectivity index (χ2v) is 8.34. The molecule has 0 saturated carbocycles. The number of rotatable bonds is 7. The minimum Gasteiger partial charge on any atom is -0.490 e. The smallest absolute Gasteiger partial charge is 0.234 e. The van der Waals surface area contributed by atoms with Gasteiger partial charge in [0.1, 0.15) is 17.7 Å². The Kier molecular flexibility index (Phi) is 7.59. The van der Waals surface area contributed by atoms with E-state index in [0.29, 0.717) is 16.3 Å². The average Bonchev–Trinajstić information content (AvgIpc) is 2.67. The molecule has 7 heteroatoms. The summed E-state index contributed by atoms with van der Waals surface area (Å²) in [5.41, 5.74) is 1.26. The lowest BCUT2D eigenvalue weighted by Gasteiger charge is -2.29. The highest BCUT2D eigenvalue weighted by atomic mass is 35.5. The Morgan fingerprint density at radius 2 is 1.96 bits per heavy atom. The zero-order chi connectivity index (χ0) is 19.9. The molecule has 1 amide bonds. The molecule has 1 aliphatic rings. The van der Waals surface area contributed by atoms with E-state index in [2.05, 4.69) is 17.3 Å². The standard InChI is InChI=1S/C21H24ClFN2O2S/c1-25-10-8-19(9-11-25)27-18-6-4-17(5-7-18)24-21(26)14-28-13-15-2-3-16(22)12-20(15)23/h2-7,12,19H,8-11,13-14H2,1H3,(H,24,26). The highest BCUT2D eigenvalue weighted by Gasteiger charge is 2.17. The van der Waals surface area contributed by atoms with Gasteiger partial charge >= 0.3 is 0 Å². The van der Waals surface area contributed by atoms with E-state index < -0.39 is 0 Å². The van der Waals surface area contributed by atoms with Crippen LogP contribution in [-0.4, -0.2) is 42.8 Å². The Morgan fingerprint density at radius 3 is 2.64 bits per heavy atom. The zero-order valence-corrected chi connectivity index (χ0v) is 17.4. The molecule has 150 valence electrons. The van der Waals surface area contributed by atoms with Gasteiger partial charge in [0.15, 0.2) is 0 Å². The molecule has 3 rings (SSSR count). The average molecular weight is 423 g/mol. The SMILES string of the molecule is CN1CCC(Oc2ccc(NC(=O)CSCc3ccc(Cl)cc3F)cc2)CC1. The van der Waals surface area contributed by atoms with Crippen molar-refractivity contribution in [1.29, 1.82) is 0 Å². The van der Waals surface area contributed by atoms with Crippen LogP contribution in [0.15, 0.2) is 42.5 Å². The molecule has 0 radical (unpaired) electrons. The lowest BCUT2D eigenvalue weighted by molar-refractivity contribution is -0.113. The number of halogens is 2. The third-order valence-electron chi connectivity index (χ3n) is 4.61. The maximum Gasteiger partial charge on any atom is 0.234 e. The molecule has 1 heterocycles. The molecular weight excluding hydrogens is 399 g/mol. The minimum atomic E-state index is -0.347. The van der Waals surface area contributed by atoms with E-state index >= 15 is 0 Å². The van der Waals surface area contributed by atoms with E-state index in [4.69, 9.17) is 16.3 Å². The number of anilines is 1. The number of thioether (sulfide) groups is 1. The second-order valence-electron chi connectivity index (χ2n) is 6.92. The maximum atomic E-state index is 13.7. The van der Waals surface area contributed by atoms with Crippen molar-refractivity contribution in [3.63, 3.8) is 0 Å². The van der Waals surface area contributed by atoms with Crippen LogP contribution in [0.1, 0.15) is 18.4 Å². The van der Waals surface area contributed by atoms with Gasteiger partial charge in [-0.15, -0.1) is 11.8 Å². The number of hydrogen-bond acceptors (Lipinski definition) is 4. The molecule has 28 heavy (non-hydrogen) atoms. The van der Waals surface area contributed by atoms with E-state index in [1.165, 1.54) is 17.8 Å². The summed E-state index contributed by atoms with van der Waals surface area (Å²) >= 11 is 7.10. The summed E-state index contributed by atoms with van der Waals surface area (Å²) in [5, 5.41) is 3.22. The van der Waals surface area contributed by atoms with Gasteiger partial charge in [0, 0.05) is 29.6 Å². The van der Waals surface area contributed by atoms with Crippen molar-refractivity contribution in [2.75, 3.05) is 31.2 Å². The molecular formula is C21H24ClFN2O2S. The third-order valence-corrected chi connectivity index (χ3v) is 5.83. The van der Waals surface area contributed by atoms with Gasteiger partial charge in [0.2, 0.25) is 5.91 Å². The van der Waals surface area contributed by atoms with E-state index in [9.17, 15) is 9.18 Å². The predicted octanol–water partition coefficient (Wildman–Crippen LogP) is 4.82. The van der Waals surface area contributed by atoms with Gasteiger partial charge in [-0.1, -0.05) is 17.7 Å². The Balaban J connectivity index is 1.41. The number of amides is 1. The monoisotopic (exact) mass is 422 g/mol. The van der Waals surface area contributed by atoms with Crippen LogP contribution in [0.3, 0.4) is 0 Å². The van der Waals surface area contributed by atoms with Gasteiger partial charge in [-0.05, 0) is 61.9 Å². The van der Waals surface area contributed by atoms with Gasteiger partial charge in [0.25, 0.3) is 0 Å². The first kappa shape index (κ1) is 21.0. The fourth-order valence-corrected chi connectivity index (χ4v) is 3.97. The molecule has 2 aromatic rings. The van der Waals surface area contributed by atoms with E-state index in [0.717, 1.165) is 37.4 Å². The molecule has 1 N–H and O–H groups in total. The molecule has 0 bridgehead atoms. The van der Waals surface area contributed by atoms with E-state index in [1.54, 1.807) is 12.1 Å². The van der Waals surface area contributed by atoms with Crippen LogP contribution in [0.5, 0.6) is 5.75 Å². The summed E-state index contributed by atoms with van der Waals surface area (Å²) in [6, 6.07) is 12.0. The number of carbonyl (C=O) groups is 1. The van der Waals surface area contributed by atoms with Crippen LogP contribution in [0.2, 0.25) is 5.02 Å². The Hall–Kier alpha value is -1.76. The maximum absolute atomic E-state index is 13.7. The van der Waals surface area contributed by atoms with Gasteiger partial charge in [-0.2, -0.15) is 0 Å². The van der Waals surface area contributed by atoms with Crippen molar-refractivity contribution in [2.45, 2.75) is 24.7 Å². The number of nitrogens with zero attached hydrogens (tertiary/aromatic N) is 1. The number of benzene rings is 2. The van der Waals surface area contributed by atoms with Crippen LogP contribution in [0.25, 0.3) is 0 Å². The number of carbonyl (C=O) groups excluding carboxylic acids is 1. The Bertz CT molecular complexity index is 795. The summed E-state index contributed by atoms with van der Waals surface area (Å²) < 4.78 is 19.7. The molecule has 1 saturated heterocycles. The zero-order valence-electron chi connectivity index (χ0n) is 15.8. The number of hydrogen-bond donors (Lipinski definition) is 1. The topological polar surface area (TPSA) is 41.6 Å². The first-order chi connectivity index (χ1) is 13.5. The van der Waals surface area contributed by atoms with Crippen molar-refractivity contribution in [1.82, 2.24) is 4.90 Å². The highest BCUT2D eigenvalue weighted by molar-refractivity contribution is 7.99. The highest BCUT2D eigenvalue weighted by Crippen LogP contribution is 2.22. The number of likely N-dealkylation sites (tertiary alicyclic amines) is 1. The molecule has 0 unspecified atom stereocenters. The number of piperidine rings is 1. The molecule has 2 aromatic carbocycles. The lowest BCUT2D eigenvalue weighted by atomic mass is 10.1. The van der Waals surface area contributed by atoms with Crippen LogP contribution >= 0.6 is 23.4 Å². The summed E-state index contributed by atoms with van der Waals surface area (Å²) in [6.45, 7) is 2.10. The van der Waals surface area contributed by atoms with E-state index in [1.807, 2.05) is 24.3 Å². The minimum absolute atomic E-state index is 0.122. The largest absolute Gasteiger partial charge is 0.490 e. The number of ether oxygens (including phenoxy) is 1. The lowest BCUT2D eigenvalue weighted by Crippen LogP contribution is -2.35. The first-order valence-electron chi connectivity index (χ1n) is 9.26. The predicted molar refractivity (Wildman–Crippen MR) is 114 cm³/mol. The summed E-state index contributed by atoms with van der Waals surface area (Å²) in [4.78, 5) is 14.4. The molecule has 0 aliphatic carbocycles. The molecule has 1 fully saturated rings. The van der Waals surface area contributed by atoms with Gasteiger partial charge in [0.05, 0.1) is 5.75 Å². The normalized spacial score (nSPS) is 15.4. The van der Waals surface area contributed by atoms with E-state index in [-0.39, 0.29) is 23.6 Å². The van der Waals surface area contributed by atoms with Gasteiger partial charge in [-0.3, -0.25) is 4.79 Å². The van der Waals surface area contributed by atoms with Crippen molar-refractivity contribution in [2.24, 2.45) is 0 Å². The number of nitrogens with one attached hydrogen (secondary N) is 1. The van der Waals surface area contributed by atoms with Crippen LogP contribution < -0.4 is 10.1 Å². The molecule has 0 aromatic heterocycles. The van der Waals surface area contributed by atoms with Crippen molar-refractivity contribution >= 4 is 35.0 Å². The molecule has 4 nitrogen and oxygen atoms in total. The Labute approximate surface area is 174 Å². The fourth-order valence-electron chi connectivity index (χ4n) is 3.00. The van der Waals surface area contributed by atoms with Crippen molar-refractivity contribution < 1.29 is 13.9 Å². The third kappa shape index (κ3) is 6.40. The summed E-state index contributed by atoms with van der Waals surface area (Å²) in [5.74, 6) is 1.01. The van der Waals surface area contributed by atoms with Crippen LogP contribution in [0, 0.1) is 5.82 Å². The molecule has 0 spiro atoms. The van der Waals surface area contributed by atoms with Gasteiger partial charge in [-0.25, -0.2) is 4.39 Å². The Morgan fingerprint density at radius 1 is 1.25 bits per heavy atom. The summed E-state index contributed by atoms with van der Waals surface area (Å²) in [7, 11) is 2.12.